The van der Waals surface area contributed by atoms with Gasteiger partial charge in [-0.05, 0) is 72.6 Å². The molecule has 4 aromatic rings. The van der Waals surface area contributed by atoms with Crippen molar-refractivity contribution in [3.63, 3.8) is 0 Å². The molecule has 0 N–H and O–H groups in total. The molecule has 2 fully saturated rings. The average Bonchev–Trinajstić information content (AvgIpc) is 3.44. The molecule has 6 heteroatoms. The second-order valence-corrected chi connectivity index (χ2v) is 10.1. The highest BCUT2D eigenvalue weighted by Gasteiger charge is 2.47. The third-order valence-corrected chi connectivity index (χ3v) is 7.56. The zero-order chi connectivity index (χ0) is 24.5. The number of rotatable bonds is 5. The van der Waals surface area contributed by atoms with Crippen molar-refractivity contribution in [3.05, 3.63) is 90.3 Å². The topological polar surface area (TPSA) is 71.2 Å². The lowest BCUT2D eigenvalue weighted by Crippen LogP contribution is -2.40. The molecule has 2 heterocycles. The van der Waals surface area contributed by atoms with Crippen molar-refractivity contribution in [1.29, 1.82) is 5.26 Å². The summed E-state index contributed by atoms with van der Waals surface area (Å²) in [6.45, 7) is 1.99. The number of fused-ring (bicyclic) bond motifs is 1. The van der Waals surface area contributed by atoms with Gasteiger partial charge in [0, 0.05) is 13.1 Å². The molecule has 6 rings (SSSR count). The van der Waals surface area contributed by atoms with Crippen LogP contribution in [0.1, 0.15) is 36.8 Å². The van der Waals surface area contributed by atoms with E-state index in [0.29, 0.717) is 24.6 Å². The van der Waals surface area contributed by atoms with Gasteiger partial charge in [0.15, 0.2) is 0 Å². The van der Waals surface area contributed by atoms with E-state index in [1.807, 2.05) is 41.6 Å². The van der Waals surface area contributed by atoms with Gasteiger partial charge in [0.05, 0.1) is 35.5 Å². The van der Waals surface area contributed by atoms with Crippen LogP contribution in [-0.2, 0) is 17.8 Å². The summed E-state index contributed by atoms with van der Waals surface area (Å²) >= 11 is 0. The maximum atomic E-state index is 12.9. The van der Waals surface area contributed by atoms with Crippen LogP contribution in [0.15, 0.2) is 79.1 Å². The maximum absolute atomic E-state index is 12.9. The standard InChI is InChI=1S/C30H28N4O2/c31-17-22-11-12-27-28(15-22)34(21-32-27)19-24-7-5-13-30(16-24)20-33(29(35)36-30)18-23-6-4-10-26(14-23)25-8-2-1-3-9-25/h1-4,6,8-12,14-15,21,24H,5,7,13,16,18-20H2/t24-,30-/m0/s1. The molecule has 0 radical (unpaired) electrons. The van der Waals surface area contributed by atoms with Gasteiger partial charge in [-0.2, -0.15) is 5.26 Å². The molecule has 36 heavy (non-hydrogen) atoms. The van der Waals surface area contributed by atoms with E-state index in [9.17, 15) is 10.1 Å². The molecule has 2 aliphatic rings. The Kier molecular flexibility index (Phi) is 5.69. The zero-order valence-electron chi connectivity index (χ0n) is 20.1. The summed E-state index contributed by atoms with van der Waals surface area (Å²) in [7, 11) is 0. The van der Waals surface area contributed by atoms with Crippen LogP contribution in [0.4, 0.5) is 4.79 Å². The van der Waals surface area contributed by atoms with Crippen molar-refractivity contribution >= 4 is 17.1 Å². The Bertz CT molecular complexity index is 1450. The molecule has 6 nitrogen and oxygen atoms in total. The lowest BCUT2D eigenvalue weighted by atomic mass is 9.78. The maximum Gasteiger partial charge on any atom is 0.410 e. The van der Waals surface area contributed by atoms with Gasteiger partial charge in [-0.25, -0.2) is 9.78 Å². The predicted octanol–water partition coefficient (Wildman–Crippen LogP) is 6.16. The number of amides is 1. The van der Waals surface area contributed by atoms with Crippen LogP contribution in [0, 0.1) is 17.2 Å². The number of nitrogens with zero attached hydrogens (tertiary/aromatic N) is 4. The molecule has 1 aliphatic carbocycles. The minimum atomic E-state index is -0.425. The molecule has 1 spiro atoms. The number of hydrogen-bond donors (Lipinski definition) is 0. The molecule has 1 aromatic heterocycles. The molecule has 1 amide bonds. The van der Waals surface area contributed by atoms with E-state index in [-0.39, 0.29) is 6.09 Å². The van der Waals surface area contributed by atoms with E-state index in [0.717, 1.165) is 54.4 Å². The van der Waals surface area contributed by atoms with Gasteiger partial charge in [-0.1, -0.05) is 48.5 Å². The van der Waals surface area contributed by atoms with E-state index < -0.39 is 5.60 Å². The van der Waals surface area contributed by atoms with Crippen molar-refractivity contribution in [2.75, 3.05) is 6.54 Å². The fourth-order valence-electron chi connectivity index (χ4n) is 5.90. The largest absolute Gasteiger partial charge is 0.441 e. The van der Waals surface area contributed by atoms with Crippen molar-refractivity contribution < 1.29 is 9.53 Å². The first-order valence-electron chi connectivity index (χ1n) is 12.6. The van der Waals surface area contributed by atoms with Crippen LogP contribution in [0.2, 0.25) is 0 Å². The summed E-state index contributed by atoms with van der Waals surface area (Å²) in [5.74, 6) is 0.385. The third kappa shape index (κ3) is 4.33. The number of carbonyl (C=O) groups is 1. The Hall–Kier alpha value is -4.11. The number of benzene rings is 3. The van der Waals surface area contributed by atoms with Crippen LogP contribution in [0.25, 0.3) is 22.2 Å². The SMILES string of the molecule is N#Cc1ccc2ncn(C[C@H]3CCC[C@]4(C3)CN(Cc3cccc(-c5ccccc5)c3)C(=O)O4)c2c1. The number of nitriles is 1. The first kappa shape index (κ1) is 22.4. The van der Waals surface area contributed by atoms with Gasteiger partial charge < -0.3 is 9.30 Å². The van der Waals surface area contributed by atoms with E-state index >= 15 is 0 Å². The smallest absolute Gasteiger partial charge is 0.410 e. The van der Waals surface area contributed by atoms with E-state index in [2.05, 4.69) is 52.0 Å². The first-order valence-corrected chi connectivity index (χ1v) is 12.6. The number of hydrogen-bond acceptors (Lipinski definition) is 4. The molecule has 1 aliphatic heterocycles. The Morgan fingerprint density at radius 2 is 1.92 bits per heavy atom. The number of imidazole rings is 1. The lowest BCUT2D eigenvalue weighted by Gasteiger charge is -2.36. The van der Waals surface area contributed by atoms with Crippen molar-refractivity contribution in [3.8, 4) is 17.2 Å². The second-order valence-electron chi connectivity index (χ2n) is 10.1. The molecular weight excluding hydrogens is 448 g/mol. The molecule has 1 saturated carbocycles. The zero-order valence-corrected chi connectivity index (χ0v) is 20.1. The minimum absolute atomic E-state index is 0.215. The Morgan fingerprint density at radius 1 is 1.06 bits per heavy atom. The fraction of sp³-hybridized carbons (Fsp3) is 0.300. The molecule has 3 aromatic carbocycles. The highest BCUT2D eigenvalue weighted by atomic mass is 16.6. The Balaban J connectivity index is 1.16. The predicted molar refractivity (Wildman–Crippen MR) is 138 cm³/mol. The van der Waals surface area contributed by atoms with Gasteiger partial charge in [0.1, 0.15) is 5.60 Å². The quantitative estimate of drug-likeness (QED) is 0.346. The van der Waals surface area contributed by atoms with E-state index in [1.165, 1.54) is 5.56 Å². The van der Waals surface area contributed by atoms with Crippen molar-refractivity contribution in [1.82, 2.24) is 14.5 Å². The first-order chi connectivity index (χ1) is 17.6. The Morgan fingerprint density at radius 3 is 2.78 bits per heavy atom. The molecule has 0 unspecified atom stereocenters. The molecule has 0 bridgehead atoms. The second kappa shape index (κ2) is 9.16. The minimum Gasteiger partial charge on any atom is -0.441 e. The van der Waals surface area contributed by atoms with Gasteiger partial charge in [0.2, 0.25) is 0 Å². The number of ether oxygens (including phenoxy) is 1. The van der Waals surface area contributed by atoms with Crippen LogP contribution in [-0.4, -0.2) is 32.7 Å². The van der Waals surface area contributed by atoms with E-state index in [4.69, 9.17) is 4.74 Å². The van der Waals surface area contributed by atoms with Crippen LogP contribution >= 0.6 is 0 Å². The summed E-state index contributed by atoms with van der Waals surface area (Å²) in [4.78, 5) is 19.3. The number of aromatic nitrogens is 2. The van der Waals surface area contributed by atoms with Crippen molar-refractivity contribution in [2.24, 2.45) is 5.92 Å². The van der Waals surface area contributed by atoms with Crippen LogP contribution in [0.5, 0.6) is 0 Å². The monoisotopic (exact) mass is 476 g/mol. The fourth-order valence-corrected chi connectivity index (χ4v) is 5.90. The van der Waals surface area contributed by atoms with Crippen LogP contribution < -0.4 is 0 Å². The summed E-state index contributed by atoms with van der Waals surface area (Å²) in [5.41, 5.74) is 5.53. The third-order valence-electron chi connectivity index (χ3n) is 7.56. The molecular formula is C30H28N4O2. The molecule has 1 saturated heterocycles. The van der Waals surface area contributed by atoms with Crippen molar-refractivity contribution in [2.45, 2.75) is 44.4 Å². The average molecular weight is 477 g/mol. The van der Waals surface area contributed by atoms with Gasteiger partial charge in [-0.15, -0.1) is 0 Å². The summed E-state index contributed by atoms with van der Waals surface area (Å²) in [6, 6.07) is 26.5. The van der Waals surface area contributed by atoms with E-state index in [1.54, 1.807) is 6.07 Å². The highest BCUT2D eigenvalue weighted by molar-refractivity contribution is 5.77. The van der Waals surface area contributed by atoms with Gasteiger partial charge in [0.25, 0.3) is 0 Å². The number of carbonyl (C=O) groups excluding carboxylic acids is 1. The summed E-state index contributed by atoms with van der Waals surface area (Å²) < 4.78 is 8.22. The lowest BCUT2D eigenvalue weighted by molar-refractivity contribution is 0.00415. The summed E-state index contributed by atoms with van der Waals surface area (Å²) in [5, 5.41) is 9.28. The summed E-state index contributed by atoms with van der Waals surface area (Å²) in [6.07, 6.45) is 5.52. The van der Waals surface area contributed by atoms with Gasteiger partial charge >= 0.3 is 6.09 Å². The highest BCUT2D eigenvalue weighted by Crippen LogP contribution is 2.41. The van der Waals surface area contributed by atoms with Gasteiger partial charge in [-0.3, -0.25) is 4.90 Å². The Labute approximate surface area is 210 Å². The van der Waals surface area contributed by atoms with Crippen LogP contribution in [0.3, 0.4) is 0 Å². The molecule has 180 valence electrons. The molecule has 2 atom stereocenters. The normalized spacial score (nSPS) is 21.6.